The van der Waals surface area contributed by atoms with Crippen LogP contribution in [0.3, 0.4) is 0 Å². The van der Waals surface area contributed by atoms with Crippen LogP contribution in [0.4, 0.5) is 0 Å². The third-order valence-electron chi connectivity index (χ3n) is 3.97. The second-order valence-electron chi connectivity index (χ2n) is 5.95. The summed E-state index contributed by atoms with van der Waals surface area (Å²) in [7, 11) is 0. The van der Waals surface area contributed by atoms with Gasteiger partial charge in [0.25, 0.3) is 0 Å². The lowest BCUT2D eigenvalue weighted by Crippen LogP contribution is -2.47. The Bertz CT molecular complexity index is 195. The van der Waals surface area contributed by atoms with Crippen molar-refractivity contribution in [1.82, 2.24) is 4.90 Å². The van der Waals surface area contributed by atoms with Crippen molar-refractivity contribution in [3.05, 3.63) is 0 Å². The van der Waals surface area contributed by atoms with E-state index in [0.717, 1.165) is 32.4 Å². The zero-order valence-electron chi connectivity index (χ0n) is 11.5. The van der Waals surface area contributed by atoms with Crippen molar-refractivity contribution >= 4 is 0 Å². The first-order chi connectivity index (χ1) is 7.47. The number of rotatable bonds is 5. The summed E-state index contributed by atoms with van der Waals surface area (Å²) < 4.78 is 0. The molecule has 16 heavy (non-hydrogen) atoms. The highest BCUT2D eigenvalue weighted by Crippen LogP contribution is 2.30. The summed E-state index contributed by atoms with van der Waals surface area (Å²) in [5.74, 6) is 0.667. The van der Waals surface area contributed by atoms with Gasteiger partial charge in [0, 0.05) is 19.1 Å². The van der Waals surface area contributed by atoms with Crippen molar-refractivity contribution < 1.29 is 5.11 Å². The number of piperidine rings is 1. The lowest BCUT2D eigenvalue weighted by atomic mass is 9.82. The molecule has 0 spiro atoms. The number of hydrogen-bond donors (Lipinski definition) is 1. The Morgan fingerprint density at radius 1 is 1.19 bits per heavy atom. The molecule has 0 bridgehead atoms. The minimum Gasteiger partial charge on any atom is -0.390 e. The Morgan fingerprint density at radius 3 is 2.19 bits per heavy atom. The molecule has 0 aromatic rings. The molecule has 0 radical (unpaired) electrons. The van der Waals surface area contributed by atoms with Crippen LogP contribution in [0.15, 0.2) is 0 Å². The highest BCUT2D eigenvalue weighted by Gasteiger charge is 2.33. The van der Waals surface area contributed by atoms with Crippen molar-refractivity contribution in [3.63, 3.8) is 0 Å². The lowest BCUT2D eigenvalue weighted by molar-refractivity contribution is -0.0437. The van der Waals surface area contributed by atoms with E-state index in [0.29, 0.717) is 12.0 Å². The summed E-state index contributed by atoms with van der Waals surface area (Å²) in [6.45, 7) is 11.1. The Hall–Kier alpha value is -0.0800. The summed E-state index contributed by atoms with van der Waals surface area (Å²) in [6.07, 6.45) is 5.39. The van der Waals surface area contributed by atoms with Crippen LogP contribution in [0, 0.1) is 5.92 Å². The van der Waals surface area contributed by atoms with Crippen LogP contribution >= 0.6 is 0 Å². The van der Waals surface area contributed by atoms with E-state index in [4.69, 9.17) is 0 Å². The molecular weight excluding hydrogens is 198 g/mol. The smallest absolute Gasteiger partial charge is 0.0674 e. The first-order valence-corrected chi connectivity index (χ1v) is 6.93. The maximum Gasteiger partial charge on any atom is 0.0674 e. The van der Waals surface area contributed by atoms with Gasteiger partial charge in [0.15, 0.2) is 0 Å². The SMILES string of the molecule is CCCC(C)CC1(O)CCN(C(C)C)CC1. The van der Waals surface area contributed by atoms with Gasteiger partial charge in [-0.15, -0.1) is 0 Å². The van der Waals surface area contributed by atoms with Crippen LogP contribution in [-0.2, 0) is 0 Å². The quantitative estimate of drug-likeness (QED) is 0.780. The first-order valence-electron chi connectivity index (χ1n) is 6.93. The number of nitrogens with zero attached hydrogens (tertiary/aromatic N) is 1. The monoisotopic (exact) mass is 227 g/mol. The summed E-state index contributed by atoms with van der Waals surface area (Å²) in [5, 5.41) is 10.5. The predicted molar refractivity (Wildman–Crippen MR) is 69.6 cm³/mol. The van der Waals surface area contributed by atoms with E-state index in [1.165, 1.54) is 12.8 Å². The van der Waals surface area contributed by atoms with E-state index in [1.54, 1.807) is 0 Å². The van der Waals surface area contributed by atoms with Gasteiger partial charge < -0.3 is 10.0 Å². The van der Waals surface area contributed by atoms with Gasteiger partial charge in [-0.2, -0.15) is 0 Å². The van der Waals surface area contributed by atoms with E-state index < -0.39 is 0 Å². The molecule has 0 amide bonds. The van der Waals surface area contributed by atoms with Gasteiger partial charge in [0.05, 0.1) is 5.60 Å². The van der Waals surface area contributed by atoms with E-state index >= 15 is 0 Å². The Kier molecular flexibility index (Phi) is 5.26. The molecule has 96 valence electrons. The van der Waals surface area contributed by atoms with Crippen molar-refractivity contribution in [2.45, 2.75) is 71.4 Å². The highest BCUT2D eigenvalue weighted by molar-refractivity contribution is 4.87. The molecule has 1 N–H and O–H groups in total. The third kappa shape index (κ3) is 4.06. The van der Waals surface area contributed by atoms with E-state index in [1.807, 2.05) is 0 Å². The van der Waals surface area contributed by atoms with Crippen molar-refractivity contribution in [1.29, 1.82) is 0 Å². The van der Waals surface area contributed by atoms with Gasteiger partial charge in [-0.05, 0) is 39.0 Å². The maximum absolute atomic E-state index is 10.5. The van der Waals surface area contributed by atoms with Gasteiger partial charge in [-0.1, -0.05) is 26.7 Å². The molecule has 1 saturated heterocycles. The fraction of sp³-hybridized carbons (Fsp3) is 1.00. The second-order valence-corrected chi connectivity index (χ2v) is 5.95. The summed E-state index contributed by atoms with van der Waals surface area (Å²) in [4.78, 5) is 2.47. The highest BCUT2D eigenvalue weighted by atomic mass is 16.3. The summed E-state index contributed by atoms with van der Waals surface area (Å²) >= 11 is 0. The Morgan fingerprint density at radius 2 is 1.75 bits per heavy atom. The molecule has 1 aliphatic heterocycles. The molecule has 0 aromatic heterocycles. The average molecular weight is 227 g/mol. The maximum atomic E-state index is 10.5. The molecule has 0 saturated carbocycles. The molecule has 2 heteroatoms. The zero-order chi connectivity index (χ0) is 12.2. The Labute approximate surface area is 101 Å². The minimum atomic E-state index is -0.375. The standard InChI is InChI=1S/C14H29NO/c1-5-6-13(4)11-14(16)7-9-15(10-8-14)12(2)3/h12-13,16H,5-11H2,1-4H3. The van der Waals surface area contributed by atoms with Crippen molar-refractivity contribution in [3.8, 4) is 0 Å². The average Bonchev–Trinajstić information content (AvgIpc) is 2.17. The lowest BCUT2D eigenvalue weighted by Gasteiger charge is -2.41. The molecule has 2 nitrogen and oxygen atoms in total. The molecule has 1 fully saturated rings. The van der Waals surface area contributed by atoms with E-state index in [2.05, 4.69) is 32.6 Å². The van der Waals surface area contributed by atoms with E-state index in [-0.39, 0.29) is 5.60 Å². The topological polar surface area (TPSA) is 23.5 Å². The molecule has 1 unspecified atom stereocenters. The van der Waals surface area contributed by atoms with Crippen molar-refractivity contribution in [2.24, 2.45) is 5.92 Å². The Balaban J connectivity index is 2.37. The molecular formula is C14H29NO. The fourth-order valence-corrected chi connectivity index (χ4v) is 2.90. The van der Waals surface area contributed by atoms with Crippen LogP contribution in [0.2, 0.25) is 0 Å². The summed E-state index contributed by atoms with van der Waals surface area (Å²) in [5.41, 5.74) is -0.375. The molecule has 1 rings (SSSR count). The van der Waals surface area contributed by atoms with Crippen LogP contribution in [0.5, 0.6) is 0 Å². The van der Waals surface area contributed by atoms with Gasteiger partial charge in [0.1, 0.15) is 0 Å². The van der Waals surface area contributed by atoms with Gasteiger partial charge >= 0.3 is 0 Å². The third-order valence-corrected chi connectivity index (χ3v) is 3.97. The normalized spacial score (nSPS) is 23.6. The van der Waals surface area contributed by atoms with E-state index in [9.17, 15) is 5.11 Å². The predicted octanol–water partition coefficient (Wildman–Crippen LogP) is 3.05. The van der Waals surface area contributed by atoms with Gasteiger partial charge in [0.2, 0.25) is 0 Å². The minimum absolute atomic E-state index is 0.375. The second kappa shape index (κ2) is 6.02. The van der Waals surface area contributed by atoms with Crippen LogP contribution in [0.1, 0.15) is 59.8 Å². The van der Waals surface area contributed by atoms with Crippen LogP contribution in [-0.4, -0.2) is 34.7 Å². The zero-order valence-corrected chi connectivity index (χ0v) is 11.5. The number of aliphatic hydroxyl groups is 1. The van der Waals surface area contributed by atoms with Gasteiger partial charge in [-0.25, -0.2) is 0 Å². The molecule has 1 heterocycles. The fourth-order valence-electron chi connectivity index (χ4n) is 2.90. The largest absolute Gasteiger partial charge is 0.390 e. The first kappa shape index (κ1) is 14.0. The molecule has 0 aromatic carbocycles. The molecule has 1 aliphatic rings. The summed E-state index contributed by atoms with van der Waals surface area (Å²) in [6, 6.07) is 0.623. The number of hydrogen-bond acceptors (Lipinski definition) is 2. The number of likely N-dealkylation sites (tertiary alicyclic amines) is 1. The molecule has 0 aliphatic carbocycles. The van der Waals surface area contributed by atoms with Crippen LogP contribution < -0.4 is 0 Å². The van der Waals surface area contributed by atoms with Crippen molar-refractivity contribution in [2.75, 3.05) is 13.1 Å². The molecule has 1 atom stereocenters. The van der Waals surface area contributed by atoms with Crippen LogP contribution in [0.25, 0.3) is 0 Å². The van der Waals surface area contributed by atoms with Gasteiger partial charge in [-0.3, -0.25) is 0 Å².